The number of rotatable bonds is 9. The Morgan fingerprint density at radius 3 is 2.42 bits per heavy atom. The second-order valence-electron chi connectivity index (χ2n) is 7.62. The van der Waals surface area contributed by atoms with Crippen molar-refractivity contribution >= 4 is 32.5 Å². The van der Waals surface area contributed by atoms with Crippen LogP contribution in [0, 0.1) is 0 Å². The number of carbonyl (C=O) groups excluding carboxylic acids is 1. The molecule has 1 heterocycles. The number of nitrogens with zero attached hydrogens (tertiary/aromatic N) is 2. The summed E-state index contributed by atoms with van der Waals surface area (Å²) in [6.45, 7) is 7.95. The molecule has 0 aliphatic rings. The third-order valence-corrected chi connectivity index (χ3v) is 7.08. The van der Waals surface area contributed by atoms with Gasteiger partial charge in [-0.15, -0.1) is 0 Å². The average Bonchev–Trinajstić information content (AvgIpc) is 2.79. The van der Waals surface area contributed by atoms with Crippen LogP contribution in [0.5, 0.6) is 11.5 Å². The minimum atomic E-state index is -3.71. The van der Waals surface area contributed by atoms with Gasteiger partial charge in [0.15, 0.2) is 0 Å². The first-order valence-corrected chi connectivity index (χ1v) is 12.2. The molecule has 8 nitrogen and oxygen atoms in total. The molecule has 1 aromatic heterocycles. The predicted octanol–water partition coefficient (Wildman–Crippen LogP) is 4.31. The molecule has 0 aliphatic heterocycles. The standard InChI is InChI=1S/C24H29N3O5S/c1-6-27(7-2)33(29,30)19-10-13-23(32-16(3)4)22(15-19)26-24(28)21-11-8-17-14-18(31-5)9-12-20(17)25-21/h8-16H,6-7H2,1-5H3,(H,26,28). The summed E-state index contributed by atoms with van der Waals surface area (Å²) in [6, 6.07) is 13.2. The lowest BCUT2D eigenvalue weighted by molar-refractivity contribution is 0.102. The third kappa shape index (κ3) is 5.43. The van der Waals surface area contributed by atoms with Gasteiger partial charge in [-0.3, -0.25) is 4.79 Å². The van der Waals surface area contributed by atoms with Gasteiger partial charge in [-0.25, -0.2) is 13.4 Å². The molecule has 2 aromatic carbocycles. The van der Waals surface area contributed by atoms with Crippen LogP contribution < -0.4 is 14.8 Å². The van der Waals surface area contributed by atoms with Gasteiger partial charge in [0.25, 0.3) is 5.91 Å². The molecule has 0 bridgehead atoms. The summed E-state index contributed by atoms with van der Waals surface area (Å²) in [7, 11) is -2.12. The zero-order valence-electron chi connectivity index (χ0n) is 19.5. The van der Waals surface area contributed by atoms with Crippen LogP contribution in [-0.4, -0.2) is 49.9 Å². The van der Waals surface area contributed by atoms with Crippen LogP contribution >= 0.6 is 0 Å². The Bertz CT molecular complexity index is 1250. The molecule has 1 N–H and O–H groups in total. The molecule has 0 aliphatic carbocycles. The number of hydrogen-bond acceptors (Lipinski definition) is 6. The van der Waals surface area contributed by atoms with Crippen molar-refractivity contribution in [3.8, 4) is 11.5 Å². The summed E-state index contributed by atoms with van der Waals surface area (Å²) in [5.74, 6) is 0.601. The van der Waals surface area contributed by atoms with Crippen LogP contribution in [0.1, 0.15) is 38.2 Å². The maximum atomic E-state index is 13.0. The van der Waals surface area contributed by atoms with E-state index in [-0.39, 0.29) is 22.4 Å². The second kappa shape index (κ2) is 10.2. The molecule has 0 spiro atoms. The fourth-order valence-electron chi connectivity index (χ4n) is 3.38. The lowest BCUT2D eigenvalue weighted by atomic mass is 10.2. The number of amides is 1. The first-order chi connectivity index (χ1) is 15.7. The third-order valence-electron chi connectivity index (χ3n) is 5.03. The van der Waals surface area contributed by atoms with E-state index >= 15 is 0 Å². The SMILES string of the molecule is CCN(CC)S(=O)(=O)c1ccc(OC(C)C)c(NC(=O)c2ccc3cc(OC)ccc3n2)c1. The molecule has 0 saturated heterocycles. The van der Waals surface area contributed by atoms with Crippen molar-refractivity contribution in [3.05, 3.63) is 54.2 Å². The van der Waals surface area contributed by atoms with Gasteiger partial charge in [0.2, 0.25) is 10.0 Å². The number of ether oxygens (including phenoxy) is 2. The average molecular weight is 472 g/mol. The molecule has 9 heteroatoms. The van der Waals surface area contributed by atoms with Crippen molar-refractivity contribution < 1.29 is 22.7 Å². The second-order valence-corrected chi connectivity index (χ2v) is 9.56. The van der Waals surface area contributed by atoms with E-state index in [4.69, 9.17) is 9.47 Å². The summed E-state index contributed by atoms with van der Waals surface area (Å²) in [4.78, 5) is 17.5. The van der Waals surface area contributed by atoms with E-state index < -0.39 is 15.9 Å². The van der Waals surface area contributed by atoms with Gasteiger partial charge in [0.05, 0.1) is 29.3 Å². The van der Waals surface area contributed by atoms with Crippen molar-refractivity contribution in [3.63, 3.8) is 0 Å². The number of fused-ring (bicyclic) bond motifs is 1. The molecule has 3 aromatic rings. The highest BCUT2D eigenvalue weighted by atomic mass is 32.2. The highest BCUT2D eigenvalue weighted by molar-refractivity contribution is 7.89. The van der Waals surface area contributed by atoms with Gasteiger partial charge in [-0.05, 0) is 56.3 Å². The number of anilines is 1. The van der Waals surface area contributed by atoms with Crippen LogP contribution in [0.4, 0.5) is 5.69 Å². The van der Waals surface area contributed by atoms with Crippen molar-refractivity contribution in [2.75, 3.05) is 25.5 Å². The summed E-state index contributed by atoms with van der Waals surface area (Å²) in [5, 5.41) is 3.61. The molecular formula is C24H29N3O5S. The number of benzene rings is 2. The molecule has 0 saturated carbocycles. The molecule has 0 fully saturated rings. The Kier molecular flexibility index (Phi) is 7.55. The lowest BCUT2D eigenvalue weighted by Gasteiger charge is -2.20. The minimum absolute atomic E-state index is 0.0798. The quantitative estimate of drug-likeness (QED) is 0.499. The molecule has 3 rings (SSSR count). The molecule has 0 unspecified atom stereocenters. The first-order valence-electron chi connectivity index (χ1n) is 10.8. The van der Waals surface area contributed by atoms with Crippen molar-refractivity contribution in [1.82, 2.24) is 9.29 Å². The molecule has 1 amide bonds. The van der Waals surface area contributed by atoms with Crippen LogP contribution in [0.25, 0.3) is 10.9 Å². The lowest BCUT2D eigenvalue weighted by Crippen LogP contribution is -2.30. The van der Waals surface area contributed by atoms with Gasteiger partial charge in [-0.1, -0.05) is 19.9 Å². The molecule has 0 radical (unpaired) electrons. The van der Waals surface area contributed by atoms with Crippen molar-refractivity contribution in [2.45, 2.75) is 38.7 Å². The fraction of sp³-hybridized carbons (Fsp3) is 0.333. The summed E-state index contributed by atoms with van der Waals surface area (Å²) < 4.78 is 38.3. The van der Waals surface area contributed by atoms with Gasteiger partial charge >= 0.3 is 0 Å². The summed E-state index contributed by atoms with van der Waals surface area (Å²) >= 11 is 0. The normalized spacial score (nSPS) is 11.7. The van der Waals surface area contributed by atoms with Gasteiger partial charge in [0, 0.05) is 18.5 Å². The van der Waals surface area contributed by atoms with Crippen molar-refractivity contribution in [2.24, 2.45) is 0 Å². The highest BCUT2D eigenvalue weighted by Crippen LogP contribution is 2.30. The highest BCUT2D eigenvalue weighted by Gasteiger charge is 2.24. The van der Waals surface area contributed by atoms with E-state index in [1.54, 1.807) is 51.3 Å². The number of nitrogens with one attached hydrogen (secondary N) is 1. The largest absolute Gasteiger partial charge is 0.497 e. The number of methoxy groups -OCH3 is 1. The van der Waals surface area contributed by atoms with Crippen molar-refractivity contribution in [1.29, 1.82) is 0 Å². The zero-order chi connectivity index (χ0) is 24.2. The van der Waals surface area contributed by atoms with Crippen LogP contribution in [0.15, 0.2) is 53.4 Å². The van der Waals surface area contributed by atoms with Gasteiger partial charge in [0.1, 0.15) is 17.2 Å². The van der Waals surface area contributed by atoms with Gasteiger partial charge in [-0.2, -0.15) is 4.31 Å². The van der Waals surface area contributed by atoms with Crippen LogP contribution in [-0.2, 0) is 10.0 Å². The predicted molar refractivity (Wildman–Crippen MR) is 129 cm³/mol. The Morgan fingerprint density at radius 2 is 1.79 bits per heavy atom. The molecule has 33 heavy (non-hydrogen) atoms. The number of carbonyl (C=O) groups is 1. The van der Waals surface area contributed by atoms with E-state index in [2.05, 4.69) is 10.3 Å². The maximum Gasteiger partial charge on any atom is 0.274 e. The molecule has 176 valence electrons. The summed E-state index contributed by atoms with van der Waals surface area (Å²) in [6.07, 6.45) is -0.167. The van der Waals surface area contributed by atoms with E-state index in [0.717, 1.165) is 5.39 Å². The number of sulfonamides is 1. The summed E-state index contributed by atoms with van der Waals surface area (Å²) in [5.41, 5.74) is 1.10. The maximum absolute atomic E-state index is 13.0. The Balaban J connectivity index is 1.98. The Morgan fingerprint density at radius 1 is 1.06 bits per heavy atom. The number of aromatic nitrogens is 1. The zero-order valence-corrected chi connectivity index (χ0v) is 20.3. The topological polar surface area (TPSA) is 97.8 Å². The monoisotopic (exact) mass is 471 g/mol. The Labute approximate surface area is 194 Å². The van der Waals surface area contributed by atoms with Crippen LogP contribution in [0.3, 0.4) is 0 Å². The van der Waals surface area contributed by atoms with E-state index in [9.17, 15) is 13.2 Å². The Hall–Kier alpha value is -3.17. The van der Waals surface area contributed by atoms with E-state index in [0.29, 0.717) is 30.1 Å². The minimum Gasteiger partial charge on any atom is -0.497 e. The molecule has 0 atom stereocenters. The van der Waals surface area contributed by atoms with Crippen LogP contribution in [0.2, 0.25) is 0 Å². The van der Waals surface area contributed by atoms with E-state index in [1.165, 1.54) is 16.4 Å². The van der Waals surface area contributed by atoms with Gasteiger partial charge < -0.3 is 14.8 Å². The number of hydrogen-bond donors (Lipinski definition) is 1. The molecular weight excluding hydrogens is 442 g/mol. The first kappa shape index (κ1) is 24.5. The fourth-order valence-corrected chi connectivity index (χ4v) is 4.86. The number of pyridine rings is 1. The smallest absolute Gasteiger partial charge is 0.274 e. The van der Waals surface area contributed by atoms with E-state index in [1.807, 2.05) is 19.9 Å².